The Labute approximate surface area is 92.2 Å². The van der Waals surface area contributed by atoms with Crippen LogP contribution in [0.5, 0.6) is 11.5 Å². The minimum absolute atomic E-state index is 0.0169. The lowest BCUT2D eigenvalue weighted by atomic mass is 10.1. The van der Waals surface area contributed by atoms with Crippen LogP contribution in [-0.2, 0) is 0 Å². The lowest BCUT2D eigenvalue weighted by Gasteiger charge is -2.11. The third-order valence-corrected chi connectivity index (χ3v) is 2.27. The first-order chi connectivity index (χ1) is 7.51. The maximum atomic E-state index is 10.7. The molecule has 88 valence electrons. The van der Waals surface area contributed by atoms with Crippen molar-refractivity contribution in [3.63, 3.8) is 0 Å². The van der Waals surface area contributed by atoms with Crippen molar-refractivity contribution in [2.75, 3.05) is 7.11 Å². The Morgan fingerprint density at radius 2 is 2.19 bits per heavy atom. The van der Waals surface area contributed by atoms with E-state index >= 15 is 0 Å². The quantitative estimate of drug-likeness (QED) is 0.603. The molecule has 6 heteroatoms. The smallest absolute Gasteiger partial charge is 0.315 e. The Hall–Kier alpha value is -1.82. The Balaban J connectivity index is 3.34. The van der Waals surface area contributed by atoms with Crippen LogP contribution in [0.4, 0.5) is 5.69 Å². The first-order valence-corrected chi connectivity index (χ1v) is 4.74. The molecule has 0 aliphatic rings. The number of benzene rings is 1. The van der Waals surface area contributed by atoms with Gasteiger partial charge >= 0.3 is 5.69 Å². The van der Waals surface area contributed by atoms with Crippen LogP contribution in [0.1, 0.15) is 25.0 Å². The maximum absolute atomic E-state index is 10.7. The average Bonchev–Trinajstić information content (AvgIpc) is 2.27. The van der Waals surface area contributed by atoms with Gasteiger partial charge < -0.3 is 14.9 Å². The molecule has 0 heterocycles. The zero-order valence-electron chi connectivity index (χ0n) is 9.01. The number of aliphatic hydroxyl groups excluding tert-OH is 1. The third kappa shape index (κ3) is 2.22. The van der Waals surface area contributed by atoms with Crippen LogP contribution in [0.2, 0.25) is 0 Å². The first kappa shape index (κ1) is 12.3. The molecular weight excluding hydrogens is 214 g/mol. The highest BCUT2D eigenvalue weighted by Crippen LogP contribution is 2.38. The molecule has 1 rings (SSSR count). The number of nitro groups is 1. The largest absolute Gasteiger partial charge is 0.500 e. The normalized spacial score (nSPS) is 12.2. The van der Waals surface area contributed by atoms with Crippen molar-refractivity contribution in [3.8, 4) is 11.5 Å². The van der Waals surface area contributed by atoms with E-state index in [4.69, 9.17) is 4.74 Å². The topological polar surface area (TPSA) is 92.8 Å². The van der Waals surface area contributed by atoms with Gasteiger partial charge in [-0.2, -0.15) is 0 Å². The summed E-state index contributed by atoms with van der Waals surface area (Å²) < 4.78 is 4.81. The number of ether oxygens (including phenoxy) is 1. The van der Waals surface area contributed by atoms with E-state index < -0.39 is 22.5 Å². The number of nitro benzene ring substituents is 1. The van der Waals surface area contributed by atoms with E-state index in [1.807, 2.05) is 0 Å². The van der Waals surface area contributed by atoms with Crippen LogP contribution >= 0.6 is 0 Å². The minimum atomic E-state index is -0.812. The zero-order chi connectivity index (χ0) is 12.3. The van der Waals surface area contributed by atoms with Crippen LogP contribution in [0.25, 0.3) is 0 Å². The van der Waals surface area contributed by atoms with E-state index in [9.17, 15) is 20.3 Å². The van der Waals surface area contributed by atoms with Gasteiger partial charge in [0.15, 0.2) is 5.75 Å². The summed E-state index contributed by atoms with van der Waals surface area (Å²) in [5, 5.41) is 29.7. The van der Waals surface area contributed by atoms with Gasteiger partial charge in [0.05, 0.1) is 18.1 Å². The summed E-state index contributed by atoms with van der Waals surface area (Å²) in [6, 6.07) is 2.53. The molecule has 0 aliphatic heterocycles. The third-order valence-electron chi connectivity index (χ3n) is 2.27. The van der Waals surface area contributed by atoms with Gasteiger partial charge in [-0.05, 0) is 18.1 Å². The highest BCUT2D eigenvalue weighted by molar-refractivity contribution is 5.57. The number of hydrogen-bond acceptors (Lipinski definition) is 5. The van der Waals surface area contributed by atoms with Gasteiger partial charge in [0.2, 0.25) is 5.75 Å². The monoisotopic (exact) mass is 227 g/mol. The summed E-state index contributed by atoms with van der Waals surface area (Å²) >= 11 is 0. The number of aromatic hydroxyl groups is 1. The van der Waals surface area contributed by atoms with E-state index in [2.05, 4.69) is 0 Å². The maximum Gasteiger partial charge on any atom is 0.315 e. The standard InChI is InChI=1S/C10H13NO5/c1-3-8(12)6-4-7(11(14)15)10(13)9(5-6)16-2/h4-5,8,12-13H,3H2,1-2H3. The van der Waals surface area contributed by atoms with E-state index in [0.29, 0.717) is 12.0 Å². The highest BCUT2D eigenvalue weighted by atomic mass is 16.6. The fourth-order valence-corrected chi connectivity index (χ4v) is 1.34. The van der Waals surface area contributed by atoms with Crippen molar-refractivity contribution in [1.82, 2.24) is 0 Å². The number of phenolic OH excluding ortho intramolecular Hbond substituents is 1. The molecule has 1 aromatic carbocycles. The molecule has 0 saturated carbocycles. The molecule has 1 aromatic rings. The Morgan fingerprint density at radius 3 is 2.62 bits per heavy atom. The number of rotatable bonds is 4. The molecular formula is C10H13NO5. The van der Waals surface area contributed by atoms with Gasteiger partial charge in [-0.1, -0.05) is 6.92 Å². The van der Waals surface area contributed by atoms with Gasteiger partial charge in [0, 0.05) is 6.07 Å². The molecule has 6 nitrogen and oxygen atoms in total. The van der Waals surface area contributed by atoms with Gasteiger partial charge in [0.1, 0.15) is 0 Å². The Kier molecular flexibility index (Phi) is 3.68. The number of methoxy groups -OCH3 is 1. The highest BCUT2D eigenvalue weighted by Gasteiger charge is 2.21. The van der Waals surface area contributed by atoms with E-state index in [0.717, 1.165) is 6.07 Å². The van der Waals surface area contributed by atoms with Gasteiger partial charge in [-0.15, -0.1) is 0 Å². The first-order valence-electron chi connectivity index (χ1n) is 4.74. The van der Waals surface area contributed by atoms with Crippen molar-refractivity contribution in [1.29, 1.82) is 0 Å². The number of aliphatic hydroxyl groups is 1. The number of nitrogens with zero attached hydrogens (tertiary/aromatic N) is 1. The SMILES string of the molecule is CCC(O)c1cc(OC)c(O)c([N+](=O)[O-])c1. The molecule has 1 unspecified atom stereocenters. The average molecular weight is 227 g/mol. The van der Waals surface area contributed by atoms with E-state index in [1.165, 1.54) is 13.2 Å². The molecule has 0 aromatic heterocycles. The van der Waals surface area contributed by atoms with Gasteiger partial charge in [-0.25, -0.2) is 0 Å². The molecule has 0 fully saturated rings. The lowest BCUT2D eigenvalue weighted by Crippen LogP contribution is -1.99. The predicted octanol–water partition coefficient (Wildman–Crippen LogP) is 1.75. The van der Waals surface area contributed by atoms with Gasteiger partial charge in [-0.3, -0.25) is 10.1 Å². The molecule has 2 N–H and O–H groups in total. The Bertz CT molecular complexity index is 404. The fraction of sp³-hybridized carbons (Fsp3) is 0.400. The minimum Gasteiger partial charge on any atom is -0.500 e. The molecule has 0 saturated heterocycles. The molecule has 0 bridgehead atoms. The summed E-state index contributed by atoms with van der Waals surface area (Å²) in [5.74, 6) is -0.545. The van der Waals surface area contributed by atoms with Crippen LogP contribution in [-0.4, -0.2) is 22.2 Å². The lowest BCUT2D eigenvalue weighted by molar-refractivity contribution is -0.386. The summed E-state index contributed by atoms with van der Waals surface area (Å²) in [4.78, 5) is 9.94. The molecule has 16 heavy (non-hydrogen) atoms. The van der Waals surface area contributed by atoms with Gasteiger partial charge in [0.25, 0.3) is 0 Å². The summed E-state index contributed by atoms with van der Waals surface area (Å²) in [5.41, 5.74) is -0.120. The zero-order valence-corrected chi connectivity index (χ0v) is 9.01. The predicted molar refractivity (Wildman–Crippen MR) is 56.6 cm³/mol. The second-order valence-corrected chi connectivity index (χ2v) is 3.27. The van der Waals surface area contributed by atoms with Crippen LogP contribution < -0.4 is 4.74 Å². The summed E-state index contributed by atoms with van der Waals surface area (Å²) in [7, 11) is 1.29. The van der Waals surface area contributed by atoms with Crippen molar-refractivity contribution in [3.05, 3.63) is 27.8 Å². The molecule has 1 atom stereocenters. The molecule has 0 spiro atoms. The molecule has 0 amide bonds. The number of phenols is 1. The summed E-state index contributed by atoms with van der Waals surface area (Å²) in [6.45, 7) is 1.75. The van der Waals surface area contributed by atoms with Crippen molar-refractivity contribution in [2.45, 2.75) is 19.4 Å². The van der Waals surface area contributed by atoms with Crippen molar-refractivity contribution < 1.29 is 19.9 Å². The Morgan fingerprint density at radius 1 is 1.56 bits per heavy atom. The number of hydrogen-bond donors (Lipinski definition) is 2. The van der Waals surface area contributed by atoms with Crippen LogP contribution in [0.15, 0.2) is 12.1 Å². The second kappa shape index (κ2) is 4.80. The van der Waals surface area contributed by atoms with Crippen molar-refractivity contribution >= 4 is 5.69 Å². The summed E-state index contributed by atoms with van der Waals surface area (Å²) in [6.07, 6.45) is -0.390. The van der Waals surface area contributed by atoms with Crippen LogP contribution in [0, 0.1) is 10.1 Å². The van der Waals surface area contributed by atoms with Crippen LogP contribution in [0.3, 0.4) is 0 Å². The second-order valence-electron chi connectivity index (χ2n) is 3.27. The molecule has 0 aliphatic carbocycles. The fourth-order valence-electron chi connectivity index (χ4n) is 1.34. The van der Waals surface area contributed by atoms with E-state index in [1.54, 1.807) is 6.92 Å². The van der Waals surface area contributed by atoms with Crippen molar-refractivity contribution in [2.24, 2.45) is 0 Å². The molecule has 0 radical (unpaired) electrons. The van der Waals surface area contributed by atoms with E-state index in [-0.39, 0.29) is 5.75 Å².